The van der Waals surface area contributed by atoms with Crippen LogP contribution in [0.5, 0.6) is 0 Å². The van der Waals surface area contributed by atoms with Crippen molar-refractivity contribution in [3.05, 3.63) is 120 Å². The summed E-state index contributed by atoms with van der Waals surface area (Å²) in [5, 5.41) is 0. The fraction of sp³-hybridized carbons (Fsp3) is 0.211. The number of nitrogens with zero attached hydrogens (tertiary/aromatic N) is 5. The smallest absolute Gasteiger partial charge is 0.146 e. The number of benzene rings is 4. The van der Waals surface area contributed by atoms with Gasteiger partial charge in [0, 0.05) is 23.9 Å². The highest BCUT2D eigenvalue weighted by atomic mass is 15.4. The van der Waals surface area contributed by atoms with Crippen molar-refractivity contribution in [1.82, 2.24) is 14.5 Å². The summed E-state index contributed by atoms with van der Waals surface area (Å²) in [5.74, 6) is 2.67. The van der Waals surface area contributed by atoms with Crippen LogP contribution < -0.4 is 9.80 Å². The highest BCUT2D eigenvalue weighted by Crippen LogP contribution is 2.41. The fourth-order valence-corrected chi connectivity index (χ4v) is 6.36. The summed E-state index contributed by atoms with van der Waals surface area (Å²) in [5.41, 5.74) is 11.5. The number of imidazole rings is 1. The molecule has 6 aromatic rings. The van der Waals surface area contributed by atoms with Crippen LogP contribution in [0.1, 0.15) is 50.7 Å². The van der Waals surface area contributed by atoms with Gasteiger partial charge in [-0.2, -0.15) is 0 Å². The molecule has 0 unspecified atom stereocenters. The second-order valence-corrected chi connectivity index (χ2v) is 12.1. The van der Waals surface area contributed by atoms with Crippen LogP contribution in [0.4, 0.5) is 17.2 Å². The maximum absolute atomic E-state index is 5.32. The van der Waals surface area contributed by atoms with Crippen LogP contribution >= 0.6 is 0 Å². The summed E-state index contributed by atoms with van der Waals surface area (Å²) in [6.07, 6.45) is 0. The number of rotatable bonds is 6. The Kier molecular flexibility index (Phi) is 6.73. The molecule has 214 valence electrons. The minimum absolute atomic E-state index is 0.370. The van der Waals surface area contributed by atoms with Crippen LogP contribution in [0, 0.1) is 0 Å². The van der Waals surface area contributed by atoms with Gasteiger partial charge in [-0.15, -0.1) is 0 Å². The van der Waals surface area contributed by atoms with Gasteiger partial charge in [0.15, 0.2) is 0 Å². The molecule has 0 N–H and O–H groups in total. The van der Waals surface area contributed by atoms with Crippen LogP contribution in [0.15, 0.2) is 109 Å². The van der Waals surface area contributed by atoms with E-state index in [1.165, 1.54) is 28.1 Å². The van der Waals surface area contributed by atoms with Crippen molar-refractivity contribution in [2.75, 3.05) is 23.5 Å². The van der Waals surface area contributed by atoms with Crippen LogP contribution in [-0.4, -0.2) is 28.3 Å². The SMILES string of the molecule is CC(C)c1cccc(C(C)C)c1-c1nc2ccc(-c3cccc(N4CN(C)c5ccccc54)n3)cc2n1-c1ccccc1. The summed E-state index contributed by atoms with van der Waals surface area (Å²) >= 11 is 0. The number of aromatic nitrogens is 3. The molecule has 0 radical (unpaired) electrons. The molecule has 0 saturated heterocycles. The van der Waals surface area contributed by atoms with Gasteiger partial charge in [0.1, 0.15) is 11.6 Å². The molecule has 0 bridgehead atoms. The summed E-state index contributed by atoms with van der Waals surface area (Å²) in [6.45, 7) is 9.85. The lowest BCUT2D eigenvalue weighted by molar-refractivity contribution is 0.832. The molecule has 0 aliphatic carbocycles. The average molecular weight is 564 g/mol. The van der Waals surface area contributed by atoms with Crippen molar-refractivity contribution in [3.8, 4) is 28.3 Å². The van der Waals surface area contributed by atoms with Crippen molar-refractivity contribution in [3.63, 3.8) is 0 Å². The van der Waals surface area contributed by atoms with E-state index < -0.39 is 0 Å². The molecule has 43 heavy (non-hydrogen) atoms. The monoisotopic (exact) mass is 563 g/mol. The third kappa shape index (κ3) is 4.65. The molecule has 2 aromatic heterocycles. The molecule has 1 aliphatic heterocycles. The first-order chi connectivity index (χ1) is 20.9. The molecule has 0 spiro atoms. The first-order valence-corrected chi connectivity index (χ1v) is 15.2. The minimum atomic E-state index is 0.370. The van der Waals surface area contributed by atoms with Crippen molar-refractivity contribution in [2.45, 2.75) is 39.5 Å². The van der Waals surface area contributed by atoms with Gasteiger partial charge in [-0.25, -0.2) is 9.97 Å². The van der Waals surface area contributed by atoms with E-state index in [4.69, 9.17) is 9.97 Å². The number of anilines is 3. The fourth-order valence-electron chi connectivity index (χ4n) is 6.36. The van der Waals surface area contributed by atoms with Gasteiger partial charge >= 0.3 is 0 Å². The Balaban J connectivity index is 1.41. The van der Waals surface area contributed by atoms with E-state index >= 15 is 0 Å². The largest absolute Gasteiger partial charge is 0.355 e. The van der Waals surface area contributed by atoms with Crippen LogP contribution in [0.25, 0.3) is 39.4 Å². The molecule has 0 saturated carbocycles. The first kappa shape index (κ1) is 27.0. The van der Waals surface area contributed by atoms with E-state index in [9.17, 15) is 0 Å². The maximum atomic E-state index is 5.32. The molecule has 7 rings (SSSR count). The molecular formula is C38H37N5. The normalized spacial score (nSPS) is 13.0. The topological polar surface area (TPSA) is 37.2 Å². The first-order valence-electron chi connectivity index (χ1n) is 15.2. The molecule has 1 aliphatic rings. The molecule has 0 fully saturated rings. The molecule has 0 amide bonds. The van der Waals surface area contributed by atoms with Gasteiger partial charge in [-0.05, 0) is 71.5 Å². The molecule has 5 nitrogen and oxygen atoms in total. The van der Waals surface area contributed by atoms with E-state index in [1.807, 2.05) is 0 Å². The highest BCUT2D eigenvalue weighted by molar-refractivity contribution is 5.89. The van der Waals surface area contributed by atoms with Gasteiger partial charge in [0.25, 0.3) is 0 Å². The van der Waals surface area contributed by atoms with Crippen molar-refractivity contribution in [2.24, 2.45) is 0 Å². The van der Waals surface area contributed by atoms with Gasteiger partial charge in [0.05, 0.1) is 34.8 Å². The Morgan fingerprint density at radius 1 is 0.651 bits per heavy atom. The summed E-state index contributed by atoms with van der Waals surface area (Å²) in [6, 6.07) is 38.7. The Morgan fingerprint density at radius 3 is 2.05 bits per heavy atom. The number of fused-ring (bicyclic) bond motifs is 2. The van der Waals surface area contributed by atoms with Gasteiger partial charge in [0.2, 0.25) is 0 Å². The summed E-state index contributed by atoms with van der Waals surface area (Å²) in [4.78, 5) is 15.0. The van der Waals surface area contributed by atoms with Crippen molar-refractivity contribution in [1.29, 1.82) is 0 Å². The van der Waals surface area contributed by atoms with Crippen LogP contribution in [0.2, 0.25) is 0 Å². The molecule has 4 aromatic carbocycles. The number of pyridine rings is 1. The number of hydrogen-bond acceptors (Lipinski definition) is 4. The number of para-hydroxylation sites is 3. The van der Waals surface area contributed by atoms with E-state index in [1.54, 1.807) is 0 Å². The lowest BCUT2D eigenvalue weighted by Crippen LogP contribution is -2.24. The Labute approximate surface area is 254 Å². The lowest BCUT2D eigenvalue weighted by atomic mass is 9.88. The van der Waals surface area contributed by atoms with E-state index in [0.717, 1.165) is 46.3 Å². The van der Waals surface area contributed by atoms with Gasteiger partial charge < -0.3 is 9.80 Å². The second kappa shape index (κ2) is 10.7. The van der Waals surface area contributed by atoms with Crippen molar-refractivity contribution < 1.29 is 0 Å². The molecule has 0 atom stereocenters. The predicted octanol–water partition coefficient (Wildman–Crippen LogP) is 9.55. The standard InChI is InChI=1S/C38H37N5/c1-25(2)29-15-11-16-30(26(3)4)37(29)38-40-32-22-21-27(23-35(32)43(38)28-13-7-6-8-14-28)31-17-12-20-36(39-31)42-24-41(5)33-18-9-10-19-34(33)42/h6-23,25-26H,24H2,1-5H3. The maximum Gasteiger partial charge on any atom is 0.146 e. The Morgan fingerprint density at radius 2 is 1.33 bits per heavy atom. The van der Waals surface area contributed by atoms with Crippen molar-refractivity contribution >= 4 is 28.2 Å². The Hall–Kier alpha value is -4.90. The van der Waals surface area contributed by atoms with E-state index in [-0.39, 0.29) is 0 Å². The second-order valence-electron chi connectivity index (χ2n) is 12.1. The predicted molar refractivity (Wildman–Crippen MR) is 180 cm³/mol. The third-order valence-corrected chi connectivity index (χ3v) is 8.51. The molecular weight excluding hydrogens is 526 g/mol. The molecule has 5 heteroatoms. The van der Waals surface area contributed by atoms with E-state index in [0.29, 0.717) is 11.8 Å². The number of hydrogen-bond donors (Lipinski definition) is 0. The van der Waals surface area contributed by atoms with Gasteiger partial charge in [-0.3, -0.25) is 4.57 Å². The zero-order valence-electron chi connectivity index (χ0n) is 25.5. The average Bonchev–Trinajstić information content (AvgIpc) is 3.58. The lowest BCUT2D eigenvalue weighted by Gasteiger charge is -2.20. The highest BCUT2D eigenvalue weighted by Gasteiger charge is 2.26. The summed E-state index contributed by atoms with van der Waals surface area (Å²) in [7, 11) is 2.13. The Bertz CT molecular complexity index is 1910. The zero-order valence-corrected chi connectivity index (χ0v) is 25.5. The third-order valence-electron chi connectivity index (χ3n) is 8.51. The minimum Gasteiger partial charge on any atom is -0.355 e. The van der Waals surface area contributed by atoms with Gasteiger partial charge in [-0.1, -0.05) is 88.4 Å². The zero-order chi connectivity index (χ0) is 29.7. The van der Waals surface area contributed by atoms with Crippen LogP contribution in [-0.2, 0) is 0 Å². The quantitative estimate of drug-likeness (QED) is 0.202. The van der Waals surface area contributed by atoms with E-state index in [2.05, 4.69) is 158 Å². The van der Waals surface area contributed by atoms with Crippen LogP contribution in [0.3, 0.4) is 0 Å². The molecule has 3 heterocycles. The summed E-state index contributed by atoms with van der Waals surface area (Å²) < 4.78 is 2.33.